The monoisotopic (exact) mass is 220 g/mol. The fraction of sp³-hybridized carbons (Fsp3) is 0.500. The summed E-state index contributed by atoms with van der Waals surface area (Å²) in [5, 5.41) is 8.54. The number of rotatable bonds is 6. The normalized spacial score (nSPS) is 12.4. The predicted octanol–water partition coefficient (Wildman–Crippen LogP) is 3.61. The summed E-state index contributed by atoms with van der Waals surface area (Å²) in [4.78, 5) is 10.4. The number of aryl methyl sites for hydroxylation is 1. The minimum Gasteiger partial charge on any atom is -0.481 e. The summed E-state index contributed by atoms with van der Waals surface area (Å²) in [6, 6.07) is 8.54. The van der Waals surface area contributed by atoms with Crippen molar-refractivity contribution >= 4 is 5.97 Å². The highest BCUT2D eigenvalue weighted by atomic mass is 16.4. The largest absolute Gasteiger partial charge is 0.481 e. The van der Waals surface area contributed by atoms with E-state index < -0.39 is 5.97 Å². The fourth-order valence-corrected chi connectivity index (χ4v) is 1.69. The molecule has 2 nitrogen and oxygen atoms in total. The molecule has 88 valence electrons. The number of benzene rings is 1. The van der Waals surface area contributed by atoms with Crippen molar-refractivity contribution in [2.24, 2.45) is 0 Å². The first kappa shape index (κ1) is 12.8. The minimum absolute atomic E-state index is 0.257. The Kier molecular flexibility index (Phi) is 5.03. The SMILES string of the molecule is CCC(C)c1ccc(CCCC(=O)O)cc1. The number of carboxylic acids is 1. The van der Waals surface area contributed by atoms with Gasteiger partial charge in [-0.15, -0.1) is 0 Å². The van der Waals surface area contributed by atoms with Gasteiger partial charge in [-0.1, -0.05) is 38.1 Å². The Hall–Kier alpha value is -1.31. The smallest absolute Gasteiger partial charge is 0.303 e. The molecule has 0 amide bonds. The molecule has 0 saturated heterocycles. The highest BCUT2D eigenvalue weighted by molar-refractivity contribution is 5.66. The van der Waals surface area contributed by atoms with Crippen LogP contribution in [0.5, 0.6) is 0 Å². The Morgan fingerprint density at radius 1 is 1.31 bits per heavy atom. The summed E-state index contributed by atoms with van der Waals surface area (Å²) in [5.74, 6) is -0.107. The van der Waals surface area contributed by atoms with Crippen LogP contribution in [0, 0.1) is 0 Å². The third kappa shape index (κ3) is 4.05. The van der Waals surface area contributed by atoms with E-state index in [4.69, 9.17) is 5.11 Å². The molecule has 1 unspecified atom stereocenters. The Bertz CT molecular complexity index is 327. The lowest BCUT2D eigenvalue weighted by Gasteiger charge is -2.09. The van der Waals surface area contributed by atoms with E-state index in [1.807, 2.05) is 0 Å². The van der Waals surface area contributed by atoms with Crippen LogP contribution < -0.4 is 0 Å². The topological polar surface area (TPSA) is 37.3 Å². The molecule has 0 bridgehead atoms. The number of carboxylic acid groups (broad SMARTS) is 1. The molecule has 16 heavy (non-hydrogen) atoms. The molecule has 0 aliphatic heterocycles. The summed E-state index contributed by atoms with van der Waals surface area (Å²) < 4.78 is 0. The molecule has 0 aliphatic carbocycles. The lowest BCUT2D eigenvalue weighted by Crippen LogP contribution is -1.96. The van der Waals surface area contributed by atoms with Crippen LogP contribution in [-0.2, 0) is 11.2 Å². The maximum absolute atomic E-state index is 10.4. The average molecular weight is 220 g/mol. The van der Waals surface area contributed by atoms with Crippen LogP contribution in [-0.4, -0.2) is 11.1 Å². The van der Waals surface area contributed by atoms with E-state index in [2.05, 4.69) is 38.1 Å². The van der Waals surface area contributed by atoms with Crippen molar-refractivity contribution in [3.63, 3.8) is 0 Å². The summed E-state index contributed by atoms with van der Waals surface area (Å²) in [5.41, 5.74) is 2.60. The van der Waals surface area contributed by atoms with Gasteiger partial charge in [0.2, 0.25) is 0 Å². The lowest BCUT2D eigenvalue weighted by atomic mass is 9.96. The van der Waals surface area contributed by atoms with Crippen molar-refractivity contribution in [1.82, 2.24) is 0 Å². The molecular weight excluding hydrogens is 200 g/mol. The molecule has 0 saturated carbocycles. The number of hydrogen-bond donors (Lipinski definition) is 1. The number of aliphatic carboxylic acids is 1. The zero-order valence-electron chi connectivity index (χ0n) is 10.1. The van der Waals surface area contributed by atoms with E-state index >= 15 is 0 Å². The first-order valence-corrected chi connectivity index (χ1v) is 5.94. The molecule has 0 fully saturated rings. The molecule has 0 radical (unpaired) electrons. The van der Waals surface area contributed by atoms with Crippen LogP contribution in [0.25, 0.3) is 0 Å². The lowest BCUT2D eigenvalue weighted by molar-refractivity contribution is -0.137. The van der Waals surface area contributed by atoms with Gasteiger partial charge in [0, 0.05) is 6.42 Å². The van der Waals surface area contributed by atoms with Gasteiger partial charge in [-0.2, -0.15) is 0 Å². The highest BCUT2D eigenvalue weighted by Gasteiger charge is 2.03. The van der Waals surface area contributed by atoms with Gasteiger partial charge in [-0.25, -0.2) is 0 Å². The van der Waals surface area contributed by atoms with E-state index in [1.165, 1.54) is 11.1 Å². The van der Waals surface area contributed by atoms with Crippen LogP contribution in [0.3, 0.4) is 0 Å². The summed E-state index contributed by atoms with van der Waals surface area (Å²) in [6.45, 7) is 4.41. The average Bonchev–Trinajstić information content (AvgIpc) is 2.28. The maximum atomic E-state index is 10.4. The molecule has 1 aromatic carbocycles. The number of hydrogen-bond acceptors (Lipinski definition) is 1. The summed E-state index contributed by atoms with van der Waals surface area (Å²) in [7, 11) is 0. The first-order chi connectivity index (χ1) is 7.63. The van der Waals surface area contributed by atoms with E-state index in [0.717, 1.165) is 19.3 Å². The van der Waals surface area contributed by atoms with Crippen LogP contribution in [0.15, 0.2) is 24.3 Å². The molecule has 2 heteroatoms. The van der Waals surface area contributed by atoms with E-state index in [-0.39, 0.29) is 6.42 Å². The van der Waals surface area contributed by atoms with Gasteiger partial charge < -0.3 is 5.11 Å². The van der Waals surface area contributed by atoms with Crippen LogP contribution in [0.1, 0.15) is 50.2 Å². The molecule has 1 rings (SSSR count). The second kappa shape index (κ2) is 6.31. The van der Waals surface area contributed by atoms with Gasteiger partial charge in [0.05, 0.1) is 0 Å². The van der Waals surface area contributed by atoms with Crippen LogP contribution >= 0.6 is 0 Å². The van der Waals surface area contributed by atoms with Gasteiger partial charge in [-0.3, -0.25) is 4.79 Å². The van der Waals surface area contributed by atoms with Crippen LogP contribution in [0.2, 0.25) is 0 Å². The first-order valence-electron chi connectivity index (χ1n) is 5.94. The van der Waals surface area contributed by atoms with Crippen molar-refractivity contribution < 1.29 is 9.90 Å². The van der Waals surface area contributed by atoms with E-state index in [1.54, 1.807) is 0 Å². The minimum atomic E-state index is -0.712. The Balaban J connectivity index is 2.48. The van der Waals surface area contributed by atoms with Crippen molar-refractivity contribution in [2.45, 2.75) is 45.4 Å². The quantitative estimate of drug-likeness (QED) is 0.795. The molecule has 1 aromatic rings. The highest BCUT2D eigenvalue weighted by Crippen LogP contribution is 2.19. The standard InChI is InChI=1S/C14H20O2/c1-3-11(2)13-9-7-12(8-10-13)5-4-6-14(15)16/h7-11H,3-6H2,1-2H3,(H,15,16). The summed E-state index contributed by atoms with van der Waals surface area (Å²) in [6.07, 6.45) is 2.98. The molecular formula is C14H20O2. The predicted molar refractivity (Wildman–Crippen MR) is 65.7 cm³/mol. The molecule has 1 N–H and O–H groups in total. The molecule has 1 atom stereocenters. The maximum Gasteiger partial charge on any atom is 0.303 e. The van der Waals surface area contributed by atoms with Gasteiger partial charge >= 0.3 is 5.97 Å². The Labute approximate surface area is 97.3 Å². The van der Waals surface area contributed by atoms with Crippen LogP contribution in [0.4, 0.5) is 0 Å². The Morgan fingerprint density at radius 3 is 2.44 bits per heavy atom. The van der Waals surface area contributed by atoms with Gasteiger partial charge in [-0.05, 0) is 36.3 Å². The van der Waals surface area contributed by atoms with E-state index in [0.29, 0.717) is 5.92 Å². The zero-order chi connectivity index (χ0) is 12.0. The summed E-state index contributed by atoms with van der Waals surface area (Å²) >= 11 is 0. The fourth-order valence-electron chi connectivity index (χ4n) is 1.69. The van der Waals surface area contributed by atoms with E-state index in [9.17, 15) is 4.79 Å². The van der Waals surface area contributed by atoms with Gasteiger partial charge in [0.15, 0.2) is 0 Å². The third-order valence-corrected chi connectivity index (χ3v) is 3.02. The Morgan fingerprint density at radius 2 is 1.94 bits per heavy atom. The third-order valence-electron chi connectivity index (χ3n) is 3.02. The van der Waals surface area contributed by atoms with Gasteiger partial charge in [0.1, 0.15) is 0 Å². The number of carbonyl (C=O) groups is 1. The zero-order valence-corrected chi connectivity index (χ0v) is 10.1. The second-order valence-corrected chi connectivity index (χ2v) is 4.30. The molecule has 0 aliphatic rings. The van der Waals surface area contributed by atoms with Crippen molar-refractivity contribution in [2.75, 3.05) is 0 Å². The molecule has 0 spiro atoms. The van der Waals surface area contributed by atoms with Crippen molar-refractivity contribution in [3.8, 4) is 0 Å². The van der Waals surface area contributed by atoms with Crippen molar-refractivity contribution in [3.05, 3.63) is 35.4 Å². The van der Waals surface area contributed by atoms with Gasteiger partial charge in [0.25, 0.3) is 0 Å². The second-order valence-electron chi connectivity index (χ2n) is 4.30. The van der Waals surface area contributed by atoms with Crippen molar-refractivity contribution in [1.29, 1.82) is 0 Å². The molecule has 0 aromatic heterocycles. The molecule has 0 heterocycles.